The number of nitrogens with zero attached hydrogens (tertiary/aromatic N) is 2. The molecule has 1 aromatic rings. The van der Waals surface area contributed by atoms with Gasteiger partial charge in [-0.3, -0.25) is 0 Å². The van der Waals surface area contributed by atoms with Gasteiger partial charge in [0.2, 0.25) is 0 Å². The van der Waals surface area contributed by atoms with Crippen molar-refractivity contribution < 1.29 is 0 Å². The summed E-state index contributed by atoms with van der Waals surface area (Å²) in [5.74, 6) is 0.656. The van der Waals surface area contributed by atoms with E-state index in [4.69, 9.17) is 23.2 Å². The van der Waals surface area contributed by atoms with E-state index in [1.807, 2.05) is 6.92 Å². The van der Waals surface area contributed by atoms with Crippen LogP contribution in [0.3, 0.4) is 0 Å². The molecule has 60 valence electrons. The van der Waals surface area contributed by atoms with Gasteiger partial charge >= 0.3 is 0 Å². The summed E-state index contributed by atoms with van der Waals surface area (Å²) in [7, 11) is 0. The first-order valence-electron chi connectivity index (χ1n) is 3.02. The molecule has 1 heterocycles. The van der Waals surface area contributed by atoms with E-state index >= 15 is 0 Å². The molecule has 0 unspecified atom stereocenters. The van der Waals surface area contributed by atoms with Crippen LogP contribution in [-0.2, 0) is 6.42 Å². The Morgan fingerprint density at radius 3 is 2.09 bits per heavy atom. The fraction of sp³-hybridized carbons (Fsp3) is 0.333. The third kappa shape index (κ3) is 2.04. The smallest absolute Gasteiger partial charge is 0.148 e. The molecule has 1 rings (SSSR count). The molecular formula is C6H5BrCl2N2. The van der Waals surface area contributed by atoms with Gasteiger partial charge in [-0.1, -0.05) is 30.1 Å². The van der Waals surface area contributed by atoms with E-state index in [9.17, 15) is 0 Å². The molecule has 11 heavy (non-hydrogen) atoms. The third-order valence-corrected chi connectivity index (χ3v) is 2.89. The van der Waals surface area contributed by atoms with Gasteiger partial charge in [0.1, 0.15) is 16.1 Å². The summed E-state index contributed by atoms with van der Waals surface area (Å²) in [6.45, 7) is 1.94. The summed E-state index contributed by atoms with van der Waals surface area (Å²) in [5.41, 5.74) is 0. The monoisotopic (exact) mass is 254 g/mol. The summed E-state index contributed by atoms with van der Waals surface area (Å²) in [6.07, 6.45) is 0.729. The highest BCUT2D eigenvalue weighted by atomic mass is 79.9. The Bertz CT molecular complexity index is 254. The predicted molar refractivity (Wildman–Crippen MR) is 49.1 cm³/mol. The van der Waals surface area contributed by atoms with Crippen molar-refractivity contribution in [2.24, 2.45) is 0 Å². The van der Waals surface area contributed by atoms with Crippen LogP contribution in [0.5, 0.6) is 0 Å². The predicted octanol–water partition coefficient (Wildman–Crippen LogP) is 3.11. The highest BCUT2D eigenvalue weighted by Gasteiger charge is 2.06. The Hall–Kier alpha value is 0.140. The largest absolute Gasteiger partial charge is 0.220 e. The highest BCUT2D eigenvalue weighted by Crippen LogP contribution is 2.26. The topological polar surface area (TPSA) is 25.8 Å². The average molecular weight is 256 g/mol. The van der Waals surface area contributed by atoms with E-state index < -0.39 is 0 Å². The number of hydrogen-bond acceptors (Lipinski definition) is 2. The van der Waals surface area contributed by atoms with Gasteiger partial charge in [0.25, 0.3) is 0 Å². The van der Waals surface area contributed by atoms with E-state index in [1.54, 1.807) is 0 Å². The molecule has 0 saturated heterocycles. The second-order valence-electron chi connectivity index (χ2n) is 1.89. The van der Waals surface area contributed by atoms with Crippen LogP contribution in [0.25, 0.3) is 0 Å². The van der Waals surface area contributed by atoms with Crippen LogP contribution in [0.2, 0.25) is 10.3 Å². The van der Waals surface area contributed by atoms with Crippen molar-refractivity contribution in [1.29, 1.82) is 0 Å². The minimum absolute atomic E-state index is 0.363. The van der Waals surface area contributed by atoms with Crippen LogP contribution in [-0.4, -0.2) is 9.97 Å². The zero-order valence-corrected chi connectivity index (χ0v) is 8.83. The normalized spacial score (nSPS) is 10.2. The third-order valence-electron chi connectivity index (χ3n) is 1.13. The fourth-order valence-electron chi connectivity index (χ4n) is 0.593. The molecule has 0 aromatic carbocycles. The number of aromatic nitrogens is 2. The molecule has 5 heteroatoms. The molecular weight excluding hydrogens is 251 g/mol. The molecule has 0 atom stereocenters. The van der Waals surface area contributed by atoms with Gasteiger partial charge in [-0.25, -0.2) is 9.97 Å². The highest BCUT2D eigenvalue weighted by molar-refractivity contribution is 9.10. The molecule has 0 fully saturated rings. The van der Waals surface area contributed by atoms with Crippen LogP contribution in [0.4, 0.5) is 0 Å². The number of halogens is 3. The Labute approximate surface area is 83.1 Å². The number of rotatable bonds is 1. The average Bonchev–Trinajstić information content (AvgIpc) is 1.99. The standard InChI is InChI=1S/C6H5BrCl2N2/c1-2-3-10-5(8)4(7)6(9)11-3/h2H2,1H3. The minimum atomic E-state index is 0.363. The molecule has 0 N–H and O–H groups in total. The molecule has 2 nitrogen and oxygen atoms in total. The summed E-state index contributed by atoms with van der Waals surface area (Å²) < 4.78 is 0.554. The van der Waals surface area contributed by atoms with Crippen LogP contribution >= 0.6 is 39.1 Å². The fourth-order valence-corrected chi connectivity index (χ4v) is 1.19. The second kappa shape index (κ2) is 3.70. The summed E-state index contributed by atoms with van der Waals surface area (Å²) in [5, 5.41) is 0.726. The van der Waals surface area contributed by atoms with Gasteiger partial charge in [-0.05, 0) is 15.9 Å². The van der Waals surface area contributed by atoms with Crippen LogP contribution < -0.4 is 0 Å². The lowest BCUT2D eigenvalue weighted by Gasteiger charge is -1.99. The first-order chi connectivity index (χ1) is 5.15. The lowest BCUT2D eigenvalue weighted by molar-refractivity contribution is 0.935. The van der Waals surface area contributed by atoms with Crippen LogP contribution in [0, 0.1) is 0 Å². The van der Waals surface area contributed by atoms with E-state index in [-0.39, 0.29) is 0 Å². The van der Waals surface area contributed by atoms with Crippen molar-refractivity contribution >= 4 is 39.1 Å². The van der Waals surface area contributed by atoms with Crippen molar-refractivity contribution in [3.8, 4) is 0 Å². The van der Waals surface area contributed by atoms with E-state index in [0.717, 1.165) is 6.42 Å². The lowest BCUT2D eigenvalue weighted by atomic mass is 10.4. The molecule has 1 aromatic heterocycles. The van der Waals surface area contributed by atoms with Crippen molar-refractivity contribution in [2.45, 2.75) is 13.3 Å². The molecule has 0 radical (unpaired) electrons. The maximum absolute atomic E-state index is 5.72. The van der Waals surface area contributed by atoms with Crippen molar-refractivity contribution in [2.75, 3.05) is 0 Å². The van der Waals surface area contributed by atoms with Crippen molar-refractivity contribution in [3.63, 3.8) is 0 Å². The van der Waals surface area contributed by atoms with Crippen LogP contribution in [0.1, 0.15) is 12.7 Å². The van der Waals surface area contributed by atoms with Gasteiger partial charge < -0.3 is 0 Å². The lowest BCUT2D eigenvalue weighted by Crippen LogP contribution is -1.94. The maximum Gasteiger partial charge on any atom is 0.148 e. The van der Waals surface area contributed by atoms with Gasteiger partial charge in [-0.15, -0.1) is 0 Å². The van der Waals surface area contributed by atoms with Gasteiger partial charge in [0.15, 0.2) is 0 Å². The van der Waals surface area contributed by atoms with E-state index in [0.29, 0.717) is 20.6 Å². The number of hydrogen-bond donors (Lipinski definition) is 0. The van der Waals surface area contributed by atoms with Gasteiger partial charge in [0.05, 0.1) is 4.47 Å². The molecule has 0 aliphatic rings. The first kappa shape index (κ1) is 9.23. The Morgan fingerprint density at radius 2 is 1.73 bits per heavy atom. The van der Waals surface area contributed by atoms with Crippen molar-refractivity contribution in [3.05, 3.63) is 20.6 Å². The van der Waals surface area contributed by atoms with E-state index in [2.05, 4.69) is 25.9 Å². The van der Waals surface area contributed by atoms with E-state index in [1.165, 1.54) is 0 Å². The zero-order valence-electron chi connectivity index (χ0n) is 5.74. The second-order valence-corrected chi connectivity index (χ2v) is 3.40. The maximum atomic E-state index is 5.72. The van der Waals surface area contributed by atoms with Gasteiger partial charge in [-0.2, -0.15) is 0 Å². The van der Waals surface area contributed by atoms with Gasteiger partial charge in [0, 0.05) is 6.42 Å². The summed E-state index contributed by atoms with van der Waals surface area (Å²) in [4.78, 5) is 7.95. The molecule has 0 aliphatic carbocycles. The zero-order chi connectivity index (χ0) is 8.43. The Balaban J connectivity index is 3.21. The Kier molecular flexibility index (Phi) is 3.10. The molecule has 0 bridgehead atoms. The quantitative estimate of drug-likeness (QED) is 0.721. The summed E-state index contributed by atoms with van der Waals surface area (Å²) >= 11 is 14.6. The molecule has 0 spiro atoms. The first-order valence-corrected chi connectivity index (χ1v) is 4.57. The molecule has 0 saturated carbocycles. The van der Waals surface area contributed by atoms with Crippen LogP contribution in [0.15, 0.2) is 4.47 Å². The molecule has 0 amide bonds. The summed E-state index contributed by atoms with van der Waals surface area (Å²) in [6, 6.07) is 0. The minimum Gasteiger partial charge on any atom is -0.220 e. The Morgan fingerprint density at radius 1 is 1.27 bits per heavy atom. The molecule has 0 aliphatic heterocycles. The van der Waals surface area contributed by atoms with Crippen molar-refractivity contribution in [1.82, 2.24) is 9.97 Å². The number of aryl methyl sites for hydroxylation is 1. The SMILES string of the molecule is CCc1nc(Cl)c(Br)c(Cl)n1.